The van der Waals surface area contributed by atoms with Crippen LogP contribution < -0.4 is 10.7 Å². The number of aromatic hydroxyl groups is 1. The molecule has 7 heteroatoms. The number of rotatable bonds is 5. The molecule has 1 amide bonds. The lowest BCUT2D eigenvalue weighted by molar-refractivity contribution is -0.121. The Morgan fingerprint density at radius 3 is 2.83 bits per heavy atom. The monoisotopic (exact) mass is 379 g/mol. The van der Waals surface area contributed by atoms with Crippen LogP contribution in [0, 0.1) is 5.82 Å². The summed E-state index contributed by atoms with van der Waals surface area (Å²) in [6.45, 7) is 1.63. The van der Waals surface area contributed by atoms with Crippen molar-refractivity contribution in [3.05, 3.63) is 58.3 Å². The van der Waals surface area contributed by atoms with Gasteiger partial charge in [0.05, 0.1) is 6.21 Å². The topological polar surface area (TPSA) is 73.7 Å². The van der Waals surface area contributed by atoms with E-state index in [-0.39, 0.29) is 17.5 Å². The molecule has 5 nitrogen and oxygen atoms in total. The minimum absolute atomic E-state index is 0.0447. The first-order chi connectivity index (χ1) is 11.0. The molecule has 3 N–H and O–H groups in total. The Morgan fingerprint density at radius 2 is 2.13 bits per heavy atom. The second-order valence-corrected chi connectivity index (χ2v) is 5.73. The molecule has 1 unspecified atom stereocenters. The van der Waals surface area contributed by atoms with Gasteiger partial charge >= 0.3 is 0 Å². The van der Waals surface area contributed by atoms with Gasteiger partial charge in [-0.25, -0.2) is 9.82 Å². The summed E-state index contributed by atoms with van der Waals surface area (Å²) in [5, 5.41) is 16.4. The molecule has 0 radical (unpaired) electrons. The molecule has 0 spiro atoms. The number of halogens is 2. The van der Waals surface area contributed by atoms with Gasteiger partial charge in [-0.05, 0) is 43.3 Å². The molecule has 0 aliphatic rings. The molecule has 2 aromatic rings. The van der Waals surface area contributed by atoms with E-state index in [1.54, 1.807) is 31.2 Å². The molecule has 120 valence electrons. The molecule has 0 aliphatic carbocycles. The number of anilines is 1. The Morgan fingerprint density at radius 1 is 1.35 bits per heavy atom. The lowest BCUT2D eigenvalue weighted by Gasteiger charge is -2.13. The fourth-order valence-electron chi connectivity index (χ4n) is 1.78. The first kappa shape index (κ1) is 17.0. The van der Waals surface area contributed by atoms with Crippen LogP contribution in [-0.2, 0) is 4.79 Å². The maximum Gasteiger partial charge on any atom is 0.262 e. The molecule has 0 bridgehead atoms. The third-order valence-corrected chi connectivity index (χ3v) is 3.47. The van der Waals surface area contributed by atoms with Gasteiger partial charge in [0.2, 0.25) is 0 Å². The zero-order valence-corrected chi connectivity index (χ0v) is 13.8. The minimum Gasteiger partial charge on any atom is -0.507 e. The Labute approximate surface area is 141 Å². The predicted octanol–water partition coefficient (Wildman–Crippen LogP) is 3.24. The Balaban J connectivity index is 1.92. The molecule has 0 fully saturated rings. The number of phenols is 1. The number of hydrogen-bond acceptors (Lipinski definition) is 4. The van der Waals surface area contributed by atoms with Crippen LogP contribution in [0.5, 0.6) is 5.75 Å². The van der Waals surface area contributed by atoms with Gasteiger partial charge in [0.1, 0.15) is 17.6 Å². The average molecular weight is 380 g/mol. The molecule has 0 saturated carbocycles. The van der Waals surface area contributed by atoms with Crippen LogP contribution in [0.3, 0.4) is 0 Å². The number of hydrogen-bond donors (Lipinski definition) is 3. The number of carbonyl (C=O) groups excluding carboxylic acids is 1. The van der Waals surface area contributed by atoms with Gasteiger partial charge in [-0.1, -0.05) is 22.0 Å². The fraction of sp³-hybridized carbons (Fsp3) is 0.125. The van der Waals surface area contributed by atoms with Crippen LogP contribution >= 0.6 is 15.9 Å². The van der Waals surface area contributed by atoms with E-state index < -0.39 is 6.04 Å². The van der Waals surface area contributed by atoms with Crippen molar-refractivity contribution >= 4 is 33.7 Å². The van der Waals surface area contributed by atoms with Gasteiger partial charge in [0, 0.05) is 15.7 Å². The molecule has 1 atom stereocenters. The largest absolute Gasteiger partial charge is 0.507 e. The molecular formula is C16H15BrFN3O2. The standard InChI is InChI=1S/C16H15BrFN3O2/c1-10(20-14-4-2-3-13(18)8-14)16(23)21-19-9-11-5-6-12(17)7-15(11)22/h2-10,20,22H,1H3,(H,21,23). The van der Waals surface area contributed by atoms with E-state index in [9.17, 15) is 14.3 Å². The summed E-state index contributed by atoms with van der Waals surface area (Å²) in [5.74, 6) is -0.725. The highest BCUT2D eigenvalue weighted by atomic mass is 79.9. The predicted molar refractivity (Wildman–Crippen MR) is 91.0 cm³/mol. The van der Waals surface area contributed by atoms with Gasteiger partial charge in [0.25, 0.3) is 5.91 Å². The van der Waals surface area contributed by atoms with Crippen molar-refractivity contribution in [3.8, 4) is 5.75 Å². The van der Waals surface area contributed by atoms with Gasteiger partial charge < -0.3 is 10.4 Å². The quantitative estimate of drug-likeness (QED) is 0.551. The maximum absolute atomic E-state index is 13.1. The van der Waals surface area contributed by atoms with Gasteiger partial charge in [0.15, 0.2) is 0 Å². The molecule has 0 heterocycles. The smallest absolute Gasteiger partial charge is 0.262 e. The molecule has 2 aromatic carbocycles. The van der Waals surface area contributed by atoms with E-state index >= 15 is 0 Å². The second-order valence-electron chi connectivity index (χ2n) is 4.81. The van der Waals surface area contributed by atoms with Crippen LogP contribution in [0.1, 0.15) is 12.5 Å². The van der Waals surface area contributed by atoms with E-state index in [1.165, 1.54) is 24.4 Å². The maximum atomic E-state index is 13.1. The van der Waals surface area contributed by atoms with Gasteiger partial charge in [-0.2, -0.15) is 5.10 Å². The molecule has 0 saturated heterocycles. The molecule has 2 rings (SSSR count). The summed E-state index contributed by atoms with van der Waals surface area (Å²) in [5.41, 5.74) is 3.33. The van der Waals surface area contributed by atoms with Crippen LogP contribution in [0.4, 0.5) is 10.1 Å². The van der Waals surface area contributed by atoms with E-state index in [4.69, 9.17) is 0 Å². The Kier molecular flexibility index (Phi) is 5.70. The number of phenolic OH excluding ortho intramolecular Hbond substituents is 1. The van der Waals surface area contributed by atoms with Crippen LogP contribution in [0.2, 0.25) is 0 Å². The average Bonchev–Trinajstić information content (AvgIpc) is 2.49. The fourth-order valence-corrected chi connectivity index (χ4v) is 2.13. The number of benzene rings is 2. The highest BCUT2D eigenvalue weighted by Crippen LogP contribution is 2.20. The second kappa shape index (κ2) is 7.73. The minimum atomic E-state index is -0.604. The van der Waals surface area contributed by atoms with Crippen molar-refractivity contribution in [2.24, 2.45) is 5.10 Å². The van der Waals surface area contributed by atoms with Crippen LogP contribution in [0.15, 0.2) is 52.0 Å². The lowest BCUT2D eigenvalue weighted by Crippen LogP contribution is -2.34. The van der Waals surface area contributed by atoms with Gasteiger partial charge in [-0.15, -0.1) is 0 Å². The molecule has 0 aromatic heterocycles. The van der Waals surface area contributed by atoms with Crippen molar-refractivity contribution in [1.29, 1.82) is 0 Å². The van der Waals surface area contributed by atoms with Crippen LogP contribution in [-0.4, -0.2) is 23.3 Å². The van der Waals surface area contributed by atoms with Crippen molar-refractivity contribution in [2.75, 3.05) is 5.32 Å². The summed E-state index contributed by atoms with van der Waals surface area (Å²) in [6, 6.07) is 10.2. The lowest BCUT2D eigenvalue weighted by atomic mass is 10.2. The SMILES string of the molecule is CC(Nc1cccc(F)c1)C(=O)NN=Cc1ccc(Br)cc1O. The zero-order chi connectivity index (χ0) is 16.8. The summed E-state index contributed by atoms with van der Waals surface area (Å²) < 4.78 is 13.8. The zero-order valence-electron chi connectivity index (χ0n) is 12.3. The molecule has 23 heavy (non-hydrogen) atoms. The third-order valence-electron chi connectivity index (χ3n) is 2.97. The van der Waals surface area contributed by atoms with E-state index in [0.29, 0.717) is 11.3 Å². The highest BCUT2D eigenvalue weighted by molar-refractivity contribution is 9.10. The van der Waals surface area contributed by atoms with Crippen LogP contribution in [0.25, 0.3) is 0 Å². The summed E-state index contributed by atoms with van der Waals surface area (Å²) in [7, 11) is 0. The normalized spacial score (nSPS) is 12.1. The number of nitrogens with one attached hydrogen (secondary N) is 2. The Hall–Kier alpha value is -2.41. The van der Waals surface area contributed by atoms with Crippen molar-refractivity contribution < 1.29 is 14.3 Å². The molecular weight excluding hydrogens is 365 g/mol. The van der Waals surface area contributed by atoms with Crippen molar-refractivity contribution in [3.63, 3.8) is 0 Å². The van der Waals surface area contributed by atoms with E-state index in [0.717, 1.165) is 4.47 Å². The molecule has 0 aliphatic heterocycles. The van der Waals surface area contributed by atoms with Crippen molar-refractivity contribution in [2.45, 2.75) is 13.0 Å². The van der Waals surface area contributed by atoms with E-state index in [1.807, 2.05) is 0 Å². The summed E-state index contributed by atoms with van der Waals surface area (Å²) in [6.07, 6.45) is 1.34. The number of amides is 1. The Bertz CT molecular complexity index is 737. The van der Waals surface area contributed by atoms with E-state index in [2.05, 4.69) is 31.8 Å². The van der Waals surface area contributed by atoms with Gasteiger partial charge in [-0.3, -0.25) is 4.79 Å². The number of hydrazone groups is 1. The first-order valence-electron chi connectivity index (χ1n) is 6.79. The van der Waals surface area contributed by atoms with Crippen molar-refractivity contribution in [1.82, 2.24) is 5.43 Å². The number of nitrogens with zero attached hydrogens (tertiary/aromatic N) is 1. The third kappa shape index (κ3) is 5.07. The number of carbonyl (C=O) groups is 1. The highest BCUT2D eigenvalue weighted by Gasteiger charge is 2.11. The summed E-state index contributed by atoms with van der Waals surface area (Å²) in [4.78, 5) is 11.9. The first-order valence-corrected chi connectivity index (χ1v) is 7.58. The summed E-state index contributed by atoms with van der Waals surface area (Å²) >= 11 is 3.23.